The van der Waals surface area contributed by atoms with Gasteiger partial charge in [0.2, 0.25) is 5.95 Å². The molecular formula is C11H15ClN4. The van der Waals surface area contributed by atoms with Gasteiger partial charge >= 0.3 is 0 Å². The first-order chi connectivity index (χ1) is 7.65. The Balaban J connectivity index is 2.55. The minimum Gasteiger partial charge on any atom is -0.344 e. The number of nitrogens with zero attached hydrogens (tertiary/aromatic N) is 3. The van der Waals surface area contributed by atoms with Crippen molar-refractivity contribution in [3.05, 3.63) is 23.2 Å². The van der Waals surface area contributed by atoms with E-state index < -0.39 is 0 Å². The van der Waals surface area contributed by atoms with Crippen molar-refractivity contribution < 1.29 is 0 Å². The van der Waals surface area contributed by atoms with Crippen LogP contribution in [-0.4, -0.2) is 29.7 Å². The number of halogens is 1. The standard InChI is InChI=1S/C11H15ClN4/c1-15(7-6-13)11-14-10-8(12)4-3-5-9(10)16(11)2/h3-5H,6-7,13H2,1-2H3. The molecule has 2 rings (SSSR count). The van der Waals surface area contributed by atoms with Gasteiger partial charge in [0.15, 0.2) is 0 Å². The van der Waals surface area contributed by atoms with Gasteiger partial charge in [0.25, 0.3) is 0 Å². The number of hydrogen-bond acceptors (Lipinski definition) is 3. The van der Waals surface area contributed by atoms with Gasteiger partial charge in [0, 0.05) is 27.2 Å². The summed E-state index contributed by atoms with van der Waals surface area (Å²) in [6.45, 7) is 1.38. The topological polar surface area (TPSA) is 47.1 Å². The number of rotatable bonds is 3. The largest absolute Gasteiger partial charge is 0.344 e. The highest BCUT2D eigenvalue weighted by atomic mass is 35.5. The van der Waals surface area contributed by atoms with Crippen LogP contribution in [0.3, 0.4) is 0 Å². The van der Waals surface area contributed by atoms with Gasteiger partial charge in [-0.1, -0.05) is 17.7 Å². The van der Waals surface area contributed by atoms with E-state index in [0.717, 1.165) is 23.5 Å². The van der Waals surface area contributed by atoms with Crippen molar-refractivity contribution in [2.24, 2.45) is 12.8 Å². The van der Waals surface area contributed by atoms with Crippen molar-refractivity contribution in [2.75, 3.05) is 25.0 Å². The van der Waals surface area contributed by atoms with Crippen LogP contribution >= 0.6 is 11.6 Å². The molecule has 0 radical (unpaired) electrons. The van der Waals surface area contributed by atoms with Crippen molar-refractivity contribution in [1.29, 1.82) is 0 Å². The number of likely N-dealkylation sites (N-methyl/N-ethyl adjacent to an activating group) is 1. The second-order valence-electron chi connectivity index (χ2n) is 3.79. The smallest absolute Gasteiger partial charge is 0.206 e. The summed E-state index contributed by atoms with van der Waals surface area (Å²) < 4.78 is 2.02. The minimum absolute atomic E-state index is 0.605. The Kier molecular flexibility index (Phi) is 3.03. The Bertz CT molecular complexity index is 506. The molecule has 0 unspecified atom stereocenters. The maximum atomic E-state index is 6.11. The van der Waals surface area contributed by atoms with E-state index in [-0.39, 0.29) is 0 Å². The number of imidazole rings is 1. The summed E-state index contributed by atoms with van der Waals surface area (Å²) in [4.78, 5) is 6.56. The summed E-state index contributed by atoms with van der Waals surface area (Å²) >= 11 is 6.11. The summed E-state index contributed by atoms with van der Waals surface area (Å²) in [6, 6.07) is 5.79. The molecule has 0 saturated carbocycles. The average Bonchev–Trinajstić information content (AvgIpc) is 2.59. The Morgan fingerprint density at radius 1 is 1.50 bits per heavy atom. The van der Waals surface area contributed by atoms with Crippen LogP contribution in [0.2, 0.25) is 5.02 Å². The maximum absolute atomic E-state index is 6.11. The Morgan fingerprint density at radius 2 is 2.25 bits per heavy atom. The molecule has 5 heteroatoms. The van der Waals surface area contributed by atoms with Crippen LogP contribution in [0.5, 0.6) is 0 Å². The van der Waals surface area contributed by atoms with Crippen LogP contribution in [0.4, 0.5) is 5.95 Å². The van der Waals surface area contributed by atoms with Gasteiger partial charge < -0.3 is 15.2 Å². The predicted octanol–water partition coefficient (Wildman–Crippen LogP) is 1.62. The fraction of sp³-hybridized carbons (Fsp3) is 0.364. The molecule has 0 spiro atoms. The lowest BCUT2D eigenvalue weighted by Crippen LogP contribution is -2.27. The zero-order valence-electron chi connectivity index (χ0n) is 9.44. The summed E-state index contributed by atoms with van der Waals surface area (Å²) in [5.41, 5.74) is 7.41. The monoisotopic (exact) mass is 238 g/mol. The predicted molar refractivity (Wildman–Crippen MR) is 68.0 cm³/mol. The van der Waals surface area contributed by atoms with E-state index in [0.29, 0.717) is 11.6 Å². The average molecular weight is 239 g/mol. The molecule has 2 N–H and O–H groups in total. The lowest BCUT2D eigenvalue weighted by atomic mass is 10.3. The van der Waals surface area contributed by atoms with Crippen LogP contribution in [0.25, 0.3) is 11.0 Å². The zero-order chi connectivity index (χ0) is 11.7. The number of benzene rings is 1. The minimum atomic E-state index is 0.605. The summed E-state index contributed by atoms with van der Waals surface area (Å²) in [5.74, 6) is 0.883. The highest BCUT2D eigenvalue weighted by Gasteiger charge is 2.12. The van der Waals surface area contributed by atoms with Gasteiger partial charge in [-0.3, -0.25) is 0 Å². The number of aryl methyl sites for hydroxylation is 1. The molecule has 0 aliphatic carbocycles. The highest BCUT2D eigenvalue weighted by molar-refractivity contribution is 6.35. The van der Waals surface area contributed by atoms with Crippen molar-refractivity contribution in [2.45, 2.75) is 0 Å². The van der Waals surface area contributed by atoms with Gasteiger partial charge in [-0.25, -0.2) is 4.98 Å². The number of hydrogen-bond donors (Lipinski definition) is 1. The molecular weight excluding hydrogens is 224 g/mol. The molecule has 16 heavy (non-hydrogen) atoms. The van der Waals surface area contributed by atoms with Crippen LogP contribution in [-0.2, 0) is 7.05 Å². The van der Waals surface area contributed by atoms with E-state index in [4.69, 9.17) is 17.3 Å². The Labute approximate surface area is 99.6 Å². The van der Waals surface area contributed by atoms with Crippen molar-refractivity contribution in [3.63, 3.8) is 0 Å². The molecule has 86 valence electrons. The second kappa shape index (κ2) is 4.31. The molecule has 0 saturated heterocycles. The molecule has 0 aliphatic rings. The Hall–Kier alpha value is -1.26. The fourth-order valence-corrected chi connectivity index (χ4v) is 2.01. The maximum Gasteiger partial charge on any atom is 0.206 e. The first kappa shape index (κ1) is 11.2. The van der Waals surface area contributed by atoms with Crippen LogP contribution in [0, 0.1) is 0 Å². The SMILES string of the molecule is CN(CCN)c1nc2c(Cl)cccc2n1C. The lowest BCUT2D eigenvalue weighted by molar-refractivity contribution is 0.808. The van der Waals surface area contributed by atoms with E-state index in [2.05, 4.69) is 4.98 Å². The lowest BCUT2D eigenvalue weighted by Gasteiger charge is -2.16. The van der Waals surface area contributed by atoms with Gasteiger partial charge in [-0.15, -0.1) is 0 Å². The first-order valence-corrected chi connectivity index (χ1v) is 5.55. The zero-order valence-corrected chi connectivity index (χ0v) is 10.2. The number of nitrogens with two attached hydrogens (primary N) is 1. The molecule has 0 bridgehead atoms. The van der Waals surface area contributed by atoms with Crippen LogP contribution < -0.4 is 10.6 Å². The normalized spacial score (nSPS) is 11.0. The third-order valence-corrected chi connectivity index (χ3v) is 2.95. The van der Waals surface area contributed by atoms with Gasteiger partial charge in [-0.2, -0.15) is 0 Å². The van der Waals surface area contributed by atoms with E-state index in [1.807, 2.05) is 41.8 Å². The fourth-order valence-electron chi connectivity index (χ4n) is 1.80. The number of aromatic nitrogens is 2. The van der Waals surface area contributed by atoms with Crippen LogP contribution in [0.1, 0.15) is 0 Å². The third-order valence-electron chi connectivity index (χ3n) is 2.64. The number of fused-ring (bicyclic) bond motifs is 1. The van der Waals surface area contributed by atoms with Gasteiger partial charge in [-0.05, 0) is 12.1 Å². The molecule has 0 aliphatic heterocycles. The van der Waals surface area contributed by atoms with Crippen molar-refractivity contribution in [3.8, 4) is 0 Å². The summed E-state index contributed by atoms with van der Waals surface area (Å²) in [5, 5.41) is 0.681. The molecule has 4 nitrogen and oxygen atoms in total. The molecule has 0 amide bonds. The van der Waals surface area contributed by atoms with E-state index in [1.54, 1.807) is 0 Å². The number of anilines is 1. The van der Waals surface area contributed by atoms with Gasteiger partial charge in [0.1, 0.15) is 5.52 Å². The first-order valence-electron chi connectivity index (χ1n) is 5.17. The van der Waals surface area contributed by atoms with E-state index in [9.17, 15) is 0 Å². The Morgan fingerprint density at radius 3 is 2.88 bits per heavy atom. The molecule has 0 atom stereocenters. The molecule has 1 aromatic carbocycles. The molecule has 1 heterocycles. The van der Waals surface area contributed by atoms with E-state index in [1.165, 1.54) is 0 Å². The number of para-hydroxylation sites is 1. The van der Waals surface area contributed by atoms with Crippen molar-refractivity contribution >= 4 is 28.6 Å². The van der Waals surface area contributed by atoms with Crippen LogP contribution in [0.15, 0.2) is 18.2 Å². The molecule has 0 fully saturated rings. The van der Waals surface area contributed by atoms with Crippen molar-refractivity contribution in [1.82, 2.24) is 9.55 Å². The highest BCUT2D eigenvalue weighted by Crippen LogP contribution is 2.26. The van der Waals surface area contributed by atoms with E-state index >= 15 is 0 Å². The second-order valence-corrected chi connectivity index (χ2v) is 4.20. The summed E-state index contributed by atoms with van der Waals surface area (Å²) in [7, 11) is 3.95. The van der Waals surface area contributed by atoms with Gasteiger partial charge in [0.05, 0.1) is 10.5 Å². The molecule has 1 aromatic heterocycles. The summed E-state index contributed by atoms with van der Waals surface area (Å²) in [6.07, 6.45) is 0. The third kappa shape index (κ3) is 1.74. The molecule has 2 aromatic rings. The quantitative estimate of drug-likeness (QED) is 0.884.